The molecule has 5 nitrogen and oxygen atoms in total. The summed E-state index contributed by atoms with van der Waals surface area (Å²) in [5.41, 5.74) is 6.73. The number of benzene rings is 1. The minimum Gasteiger partial charge on any atom is -0.469 e. The zero-order valence-corrected chi connectivity index (χ0v) is 9.90. The Morgan fingerprint density at radius 3 is 2.65 bits per heavy atom. The van der Waals surface area contributed by atoms with Gasteiger partial charge in [-0.3, -0.25) is 9.59 Å². The summed E-state index contributed by atoms with van der Waals surface area (Å²) in [6.07, 6.45) is 0.0507. The molecule has 1 unspecified atom stereocenters. The van der Waals surface area contributed by atoms with Crippen LogP contribution in [0.15, 0.2) is 24.3 Å². The number of hydrogen-bond donors (Lipinski definition) is 2. The topological polar surface area (TPSA) is 81.4 Å². The number of rotatable bonds is 4. The van der Waals surface area contributed by atoms with Gasteiger partial charge in [0.25, 0.3) is 0 Å². The lowest BCUT2D eigenvalue weighted by molar-refractivity contribution is -0.143. The molecule has 0 saturated carbocycles. The first kappa shape index (κ1) is 13.0. The average molecular weight is 236 g/mol. The van der Waals surface area contributed by atoms with Gasteiger partial charge in [0.15, 0.2) is 0 Å². The molecule has 0 bridgehead atoms. The fourth-order valence-corrected chi connectivity index (χ4v) is 1.29. The van der Waals surface area contributed by atoms with E-state index < -0.39 is 11.9 Å². The Hall–Kier alpha value is -2.04. The summed E-state index contributed by atoms with van der Waals surface area (Å²) in [5.74, 6) is -1.12. The molecule has 5 heteroatoms. The largest absolute Gasteiger partial charge is 0.469 e. The summed E-state index contributed by atoms with van der Waals surface area (Å²) < 4.78 is 4.50. The molecule has 1 rings (SSSR count). The lowest BCUT2D eigenvalue weighted by atomic mass is 10.1. The molecule has 0 aromatic heterocycles. The number of esters is 1. The summed E-state index contributed by atoms with van der Waals surface area (Å²) in [6.45, 7) is 1.66. The van der Waals surface area contributed by atoms with Gasteiger partial charge in [-0.25, -0.2) is 0 Å². The van der Waals surface area contributed by atoms with Gasteiger partial charge in [0.1, 0.15) is 0 Å². The second-order valence-electron chi connectivity index (χ2n) is 3.76. The number of hydrogen-bond acceptors (Lipinski definition) is 4. The van der Waals surface area contributed by atoms with E-state index in [0.29, 0.717) is 11.4 Å². The Labute approximate surface area is 99.9 Å². The molecule has 0 spiro atoms. The lowest BCUT2D eigenvalue weighted by Crippen LogP contribution is -2.23. The molecule has 0 aliphatic heterocycles. The van der Waals surface area contributed by atoms with Crippen LogP contribution in [-0.4, -0.2) is 19.0 Å². The molecule has 0 heterocycles. The predicted octanol–water partition coefficient (Wildman–Crippen LogP) is 1.41. The van der Waals surface area contributed by atoms with Crippen LogP contribution in [0.25, 0.3) is 0 Å². The summed E-state index contributed by atoms with van der Waals surface area (Å²) >= 11 is 0. The van der Waals surface area contributed by atoms with Crippen molar-refractivity contribution in [3.8, 4) is 0 Å². The summed E-state index contributed by atoms with van der Waals surface area (Å²) in [7, 11) is 1.29. The monoisotopic (exact) mass is 236 g/mol. The third-order valence-electron chi connectivity index (χ3n) is 2.37. The number of ether oxygens (including phenoxy) is 1. The molecule has 1 amide bonds. The summed E-state index contributed by atoms with van der Waals surface area (Å²) in [6, 6.07) is 6.96. The zero-order chi connectivity index (χ0) is 12.8. The molecule has 0 saturated heterocycles. The van der Waals surface area contributed by atoms with Crippen LogP contribution >= 0.6 is 0 Å². The molecule has 3 N–H and O–H groups in total. The van der Waals surface area contributed by atoms with E-state index in [1.165, 1.54) is 7.11 Å². The van der Waals surface area contributed by atoms with Gasteiger partial charge >= 0.3 is 5.97 Å². The molecule has 0 aliphatic carbocycles. The minimum atomic E-state index is -0.456. The van der Waals surface area contributed by atoms with Crippen molar-refractivity contribution in [3.05, 3.63) is 24.3 Å². The number of amides is 1. The van der Waals surface area contributed by atoms with Crippen molar-refractivity contribution in [1.29, 1.82) is 0 Å². The smallest absolute Gasteiger partial charge is 0.306 e. The zero-order valence-electron chi connectivity index (χ0n) is 9.90. The quantitative estimate of drug-likeness (QED) is 0.611. The van der Waals surface area contributed by atoms with E-state index in [1.54, 1.807) is 31.2 Å². The first-order valence-electron chi connectivity index (χ1n) is 5.26. The van der Waals surface area contributed by atoms with Gasteiger partial charge in [-0.15, -0.1) is 0 Å². The van der Waals surface area contributed by atoms with Gasteiger partial charge < -0.3 is 15.8 Å². The molecular formula is C12H16N2O3. The molecule has 17 heavy (non-hydrogen) atoms. The van der Waals surface area contributed by atoms with E-state index in [2.05, 4.69) is 10.1 Å². The van der Waals surface area contributed by atoms with Crippen LogP contribution in [-0.2, 0) is 14.3 Å². The first-order chi connectivity index (χ1) is 8.04. The van der Waals surface area contributed by atoms with Gasteiger partial charge in [0, 0.05) is 5.92 Å². The molecule has 1 aromatic carbocycles. The second-order valence-corrected chi connectivity index (χ2v) is 3.76. The molecule has 1 aromatic rings. The highest BCUT2D eigenvalue weighted by Gasteiger charge is 2.17. The highest BCUT2D eigenvalue weighted by atomic mass is 16.5. The van der Waals surface area contributed by atoms with Crippen LogP contribution in [0, 0.1) is 5.92 Å². The summed E-state index contributed by atoms with van der Waals surface area (Å²) in [5, 5.41) is 2.67. The van der Waals surface area contributed by atoms with Crippen molar-refractivity contribution in [2.24, 2.45) is 5.92 Å². The third kappa shape index (κ3) is 3.79. The van der Waals surface area contributed by atoms with Gasteiger partial charge in [0.2, 0.25) is 5.91 Å². The molecule has 0 radical (unpaired) electrons. The van der Waals surface area contributed by atoms with E-state index in [4.69, 9.17) is 5.73 Å². The lowest BCUT2D eigenvalue weighted by Gasteiger charge is -2.12. The SMILES string of the molecule is COC(=O)CC(C)C(=O)Nc1ccccc1N. The predicted molar refractivity (Wildman–Crippen MR) is 65.3 cm³/mol. The highest BCUT2D eigenvalue weighted by molar-refractivity contribution is 5.96. The van der Waals surface area contributed by atoms with Crippen LogP contribution in [0.5, 0.6) is 0 Å². The van der Waals surface area contributed by atoms with E-state index in [-0.39, 0.29) is 12.3 Å². The molecular weight excluding hydrogens is 220 g/mol. The van der Waals surface area contributed by atoms with Crippen molar-refractivity contribution < 1.29 is 14.3 Å². The first-order valence-corrected chi connectivity index (χ1v) is 5.26. The maximum Gasteiger partial charge on any atom is 0.306 e. The minimum absolute atomic E-state index is 0.0507. The fourth-order valence-electron chi connectivity index (χ4n) is 1.29. The number of nitrogen functional groups attached to an aromatic ring is 1. The van der Waals surface area contributed by atoms with Gasteiger partial charge in [-0.05, 0) is 12.1 Å². The molecule has 0 fully saturated rings. The fraction of sp³-hybridized carbons (Fsp3) is 0.333. The molecule has 0 aliphatic rings. The second kappa shape index (κ2) is 5.89. The van der Waals surface area contributed by atoms with E-state index in [1.807, 2.05) is 0 Å². The number of para-hydroxylation sites is 2. The third-order valence-corrected chi connectivity index (χ3v) is 2.37. The normalized spacial score (nSPS) is 11.6. The van der Waals surface area contributed by atoms with Crippen molar-refractivity contribution in [1.82, 2.24) is 0 Å². The Morgan fingerprint density at radius 2 is 2.06 bits per heavy atom. The van der Waals surface area contributed by atoms with Crippen LogP contribution in [0.3, 0.4) is 0 Å². The van der Waals surface area contributed by atoms with Crippen molar-refractivity contribution in [2.45, 2.75) is 13.3 Å². The highest BCUT2D eigenvalue weighted by Crippen LogP contribution is 2.18. The Morgan fingerprint density at radius 1 is 1.41 bits per heavy atom. The number of anilines is 2. The molecule has 92 valence electrons. The Balaban J connectivity index is 2.60. The van der Waals surface area contributed by atoms with Crippen molar-refractivity contribution in [3.63, 3.8) is 0 Å². The number of carbonyl (C=O) groups is 2. The maximum atomic E-state index is 11.7. The number of methoxy groups -OCH3 is 1. The number of nitrogens with one attached hydrogen (secondary N) is 1. The summed E-state index contributed by atoms with van der Waals surface area (Å²) in [4.78, 5) is 22.8. The van der Waals surface area contributed by atoms with Gasteiger partial charge in [-0.2, -0.15) is 0 Å². The van der Waals surface area contributed by atoms with E-state index in [0.717, 1.165) is 0 Å². The van der Waals surface area contributed by atoms with E-state index in [9.17, 15) is 9.59 Å². The van der Waals surface area contributed by atoms with Crippen LogP contribution in [0.1, 0.15) is 13.3 Å². The average Bonchev–Trinajstić information content (AvgIpc) is 2.31. The number of carbonyl (C=O) groups excluding carboxylic acids is 2. The van der Waals surface area contributed by atoms with Gasteiger partial charge in [-0.1, -0.05) is 19.1 Å². The van der Waals surface area contributed by atoms with Crippen LogP contribution in [0.4, 0.5) is 11.4 Å². The Bertz CT molecular complexity index is 418. The maximum absolute atomic E-state index is 11.7. The number of nitrogens with two attached hydrogens (primary N) is 1. The Kier molecular flexibility index (Phi) is 4.51. The molecule has 1 atom stereocenters. The van der Waals surface area contributed by atoms with Gasteiger partial charge in [0.05, 0.1) is 24.9 Å². The van der Waals surface area contributed by atoms with Crippen LogP contribution < -0.4 is 11.1 Å². The van der Waals surface area contributed by atoms with Crippen molar-refractivity contribution >= 4 is 23.3 Å². The van der Waals surface area contributed by atoms with E-state index >= 15 is 0 Å². The van der Waals surface area contributed by atoms with Crippen LogP contribution in [0.2, 0.25) is 0 Å². The standard InChI is InChI=1S/C12H16N2O3/c1-8(7-11(15)17-2)12(16)14-10-6-4-3-5-9(10)13/h3-6,8H,7,13H2,1-2H3,(H,14,16). The van der Waals surface area contributed by atoms with Crippen molar-refractivity contribution in [2.75, 3.05) is 18.2 Å².